The van der Waals surface area contributed by atoms with Crippen LogP contribution in [0.25, 0.3) is 11.6 Å². The van der Waals surface area contributed by atoms with Crippen LogP contribution in [-0.2, 0) is 12.6 Å². The van der Waals surface area contributed by atoms with Crippen LogP contribution in [-0.4, -0.2) is 21.0 Å². The first-order valence-corrected chi connectivity index (χ1v) is 8.69. The summed E-state index contributed by atoms with van der Waals surface area (Å²) in [4.78, 5) is 20.0. The van der Waals surface area contributed by atoms with Crippen molar-refractivity contribution in [2.45, 2.75) is 12.6 Å². The summed E-state index contributed by atoms with van der Waals surface area (Å²) in [7, 11) is 0. The fourth-order valence-electron chi connectivity index (χ4n) is 2.68. The molecule has 0 aliphatic heterocycles. The highest BCUT2D eigenvalue weighted by molar-refractivity contribution is 6.04. The van der Waals surface area contributed by atoms with E-state index in [1.807, 2.05) is 0 Å². The zero-order chi connectivity index (χ0) is 21.1. The van der Waals surface area contributed by atoms with E-state index in [1.54, 1.807) is 36.4 Å². The van der Waals surface area contributed by atoms with E-state index in [1.165, 1.54) is 6.26 Å². The Morgan fingerprint density at radius 1 is 1.07 bits per heavy atom. The summed E-state index contributed by atoms with van der Waals surface area (Å²) in [6, 6.07) is 12.1. The number of anilines is 1. The van der Waals surface area contributed by atoms with Gasteiger partial charge < -0.3 is 14.3 Å². The molecule has 7 nitrogen and oxygen atoms in total. The minimum Gasteiger partial charge on any atom is -0.461 e. The van der Waals surface area contributed by atoms with Crippen LogP contribution in [0, 0.1) is 0 Å². The number of carbonyl (C=O) groups is 1. The van der Waals surface area contributed by atoms with Crippen LogP contribution in [0.5, 0.6) is 0 Å². The van der Waals surface area contributed by atoms with Gasteiger partial charge >= 0.3 is 6.18 Å². The van der Waals surface area contributed by atoms with Crippen LogP contribution >= 0.6 is 0 Å². The molecule has 1 aromatic carbocycles. The molecular formula is C20H13F3N4O3. The van der Waals surface area contributed by atoms with Crippen molar-refractivity contribution in [2.75, 3.05) is 5.32 Å². The minimum atomic E-state index is -4.57. The van der Waals surface area contributed by atoms with Gasteiger partial charge in [-0.25, -0.2) is 0 Å². The maximum Gasteiger partial charge on any atom is 0.433 e. The van der Waals surface area contributed by atoms with Crippen LogP contribution in [0.15, 0.2) is 69.9 Å². The summed E-state index contributed by atoms with van der Waals surface area (Å²) >= 11 is 0. The van der Waals surface area contributed by atoms with Gasteiger partial charge in [0.05, 0.1) is 18.2 Å². The van der Waals surface area contributed by atoms with Crippen molar-refractivity contribution in [3.63, 3.8) is 0 Å². The number of nitrogens with zero attached hydrogens (tertiary/aromatic N) is 3. The fourth-order valence-corrected chi connectivity index (χ4v) is 2.68. The van der Waals surface area contributed by atoms with Gasteiger partial charge in [-0.05, 0) is 35.9 Å². The largest absolute Gasteiger partial charge is 0.461 e. The molecule has 30 heavy (non-hydrogen) atoms. The van der Waals surface area contributed by atoms with Gasteiger partial charge in [-0.3, -0.25) is 9.78 Å². The first kappa shape index (κ1) is 19.4. The lowest BCUT2D eigenvalue weighted by Gasteiger charge is -2.10. The third-order valence-electron chi connectivity index (χ3n) is 4.13. The van der Waals surface area contributed by atoms with Gasteiger partial charge in [0.25, 0.3) is 5.91 Å². The summed E-state index contributed by atoms with van der Waals surface area (Å²) in [5, 5.41) is 6.52. The lowest BCUT2D eigenvalue weighted by Crippen LogP contribution is -2.15. The molecule has 10 heteroatoms. The van der Waals surface area contributed by atoms with Crippen LogP contribution < -0.4 is 5.32 Å². The molecule has 0 aliphatic rings. The molecule has 0 aliphatic carbocycles. The van der Waals surface area contributed by atoms with E-state index in [-0.39, 0.29) is 12.0 Å². The van der Waals surface area contributed by atoms with Gasteiger partial charge in [0.1, 0.15) is 5.69 Å². The third-order valence-corrected chi connectivity index (χ3v) is 4.13. The standard InChI is InChI=1S/C20H13F3N4O3/c21-20(22,23)16-8-7-13(11-24-16)19(28)25-14-5-2-1-4-12(14)10-17-26-18(27-30-17)15-6-3-9-29-15/h1-9,11H,10H2,(H,25,28). The molecule has 4 rings (SSSR count). The van der Waals surface area contributed by atoms with Crippen molar-refractivity contribution < 1.29 is 26.9 Å². The number of aromatic nitrogens is 3. The summed E-state index contributed by atoms with van der Waals surface area (Å²) in [6.07, 6.45) is -1.96. The highest BCUT2D eigenvalue weighted by Gasteiger charge is 2.32. The zero-order valence-corrected chi connectivity index (χ0v) is 15.2. The highest BCUT2D eigenvalue weighted by Crippen LogP contribution is 2.27. The Morgan fingerprint density at radius 2 is 1.90 bits per heavy atom. The van der Waals surface area contributed by atoms with Crippen molar-refractivity contribution in [3.05, 3.63) is 83.7 Å². The first-order chi connectivity index (χ1) is 14.4. The van der Waals surface area contributed by atoms with E-state index in [9.17, 15) is 18.0 Å². The molecule has 0 atom stereocenters. The number of furan rings is 1. The highest BCUT2D eigenvalue weighted by atomic mass is 19.4. The Morgan fingerprint density at radius 3 is 2.60 bits per heavy atom. The number of para-hydroxylation sites is 1. The van der Waals surface area contributed by atoms with Crippen LogP contribution in [0.4, 0.5) is 18.9 Å². The number of pyridine rings is 1. The molecule has 0 saturated carbocycles. The molecule has 3 aromatic heterocycles. The van der Waals surface area contributed by atoms with Crippen LogP contribution in [0.1, 0.15) is 27.5 Å². The molecule has 0 fully saturated rings. The lowest BCUT2D eigenvalue weighted by atomic mass is 10.1. The van der Waals surface area contributed by atoms with E-state index in [4.69, 9.17) is 8.94 Å². The number of amides is 1. The van der Waals surface area contributed by atoms with Crippen LogP contribution in [0.2, 0.25) is 0 Å². The topological polar surface area (TPSA) is 94.1 Å². The lowest BCUT2D eigenvalue weighted by molar-refractivity contribution is -0.141. The summed E-state index contributed by atoms with van der Waals surface area (Å²) in [5.41, 5.74) is 0.0689. The molecule has 0 saturated heterocycles. The Bertz CT molecular complexity index is 1150. The second-order valence-electron chi connectivity index (χ2n) is 6.21. The minimum absolute atomic E-state index is 0.00398. The summed E-state index contributed by atoms with van der Waals surface area (Å²) in [5.74, 6) is 0.471. The Kier molecular flexibility index (Phi) is 5.05. The van der Waals surface area contributed by atoms with E-state index >= 15 is 0 Å². The number of nitrogens with one attached hydrogen (secondary N) is 1. The molecule has 3 heterocycles. The van der Waals surface area contributed by atoms with Crippen molar-refractivity contribution >= 4 is 11.6 Å². The molecule has 0 unspecified atom stereocenters. The van der Waals surface area contributed by atoms with Gasteiger partial charge in [-0.1, -0.05) is 23.4 Å². The average Bonchev–Trinajstić information content (AvgIpc) is 3.41. The summed E-state index contributed by atoms with van der Waals surface area (Å²) in [6.45, 7) is 0. The zero-order valence-electron chi connectivity index (χ0n) is 15.2. The number of hydrogen-bond donors (Lipinski definition) is 1. The van der Waals surface area contributed by atoms with Crippen molar-refractivity contribution in [2.24, 2.45) is 0 Å². The van der Waals surface area contributed by atoms with E-state index in [2.05, 4.69) is 20.4 Å². The molecular weight excluding hydrogens is 401 g/mol. The first-order valence-electron chi connectivity index (χ1n) is 8.69. The fraction of sp³-hybridized carbons (Fsp3) is 0.100. The maximum atomic E-state index is 12.6. The normalized spacial score (nSPS) is 11.4. The van der Waals surface area contributed by atoms with Crippen molar-refractivity contribution in [1.29, 1.82) is 0 Å². The monoisotopic (exact) mass is 414 g/mol. The molecule has 0 spiro atoms. The molecule has 1 N–H and O–H groups in total. The van der Waals surface area contributed by atoms with E-state index < -0.39 is 17.8 Å². The molecule has 152 valence electrons. The number of hydrogen-bond acceptors (Lipinski definition) is 6. The SMILES string of the molecule is O=C(Nc1ccccc1Cc1nc(-c2ccco2)no1)c1ccc(C(F)(F)F)nc1. The molecule has 0 radical (unpaired) electrons. The molecule has 0 bridgehead atoms. The Balaban J connectivity index is 1.50. The number of alkyl halides is 3. The smallest absolute Gasteiger partial charge is 0.433 e. The second-order valence-corrected chi connectivity index (χ2v) is 6.21. The number of rotatable bonds is 5. The third kappa shape index (κ3) is 4.22. The average molecular weight is 414 g/mol. The van der Waals surface area contributed by atoms with Gasteiger partial charge in [-0.2, -0.15) is 18.2 Å². The quantitative estimate of drug-likeness (QED) is 0.514. The van der Waals surface area contributed by atoms with E-state index in [0.29, 0.717) is 28.7 Å². The van der Waals surface area contributed by atoms with Gasteiger partial charge in [0.2, 0.25) is 11.7 Å². The molecule has 4 aromatic rings. The second kappa shape index (κ2) is 7.82. The predicted octanol–water partition coefficient (Wildman–Crippen LogP) is 4.59. The number of benzene rings is 1. The van der Waals surface area contributed by atoms with Crippen LogP contribution in [0.3, 0.4) is 0 Å². The van der Waals surface area contributed by atoms with E-state index in [0.717, 1.165) is 18.3 Å². The number of halogens is 3. The molecule has 1 amide bonds. The maximum absolute atomic E-state index is 12.6. The van der Waals surface area contributed by atoms with Gasteiger partial charge in [0.15, 0.2) is 5.76 Å². The Hall–Kier alpha value is -3.95. The predicted molar refractivity (Wildman–Crippen MR) is 98.4 cm³/mol. The summed E-state index contributed by atoms with van der Waals surface area (Å²) < 4.78 is 48.3. The van der Waals surface area contributed by atoms with Gasteiger partial charge in [-0.15, -0.1) is 0 Å². The number of carbonyl (C=O) groups excluding carboxylic acids is 1. The Labute approximate surface area is 167 Å². The van der Waals surface area contributed by atoms with Gasteiger partial charge in [0, 0.05) is 11.9 Å². The van der Waals surface area contributed by atoms with Crippen molar-refractivity contribution in [1.82, 2.24) is 15.1 Å². The van der Waals surface area contributed by atoms with Crippen molar-refractivity contribution in [3.8, 4) is 11.6 Å².